The van der Waals surface area contributed by atoms with Crippen LogP contribution in [0.3, 0.4) is 0 Å². The van der Waals surface area contributed by atoms with E-state index in [4.69, 9.17) is 10.5 Å². The lowest BCUT2D eigenvalue weighted by Crippen LogP contribution is -2.29. The lowest BCUT2D eigenvalue weighted by Gasteiger charge is -2.26. The van der Waals surface area contributed by atoms with E-state index in [0.29, 0.717) is 0 Å². The lowest BCUT2D eigenvalue weighted by molar-refractivity contribution is 0.210. The molecular weight excluding hydrogens is 224 g/mol. The van der Waals surface area contributed by atoms with Gasteiger partial charge >= 0.3 is 0 Å². The van der Waals surface area contributed by atoms with Gasteiger partial charge in [-0.05, 0) is 36.1 Å². The van der Waals surface area contributed by atoms with E-state index in [9.17, 15) is 0 Å². The third-order valence-electron chi connectivity index (χ3n) is 3.46. The lowest BCUT2D eigenvalue weighted by atomic mass is 10.1. The first-order chi connectivity index (χ1) is 8.69. The van der Waals surface area contributed by atoms with Crippen LogP contribution in [-0.4, -0.2) is 31.7 Å². The third-order valence-corrected chi connectivity index (χ3v) is 3.46. The Labute approximate surface area is 109 Å². The standard InChI is InChI=1S/C15H22N2O/c1-12-9-14(3-4-15(12)16)10-17-7-5-13(6-8-17)11-18-2/h3-5,9H,6-8,10-11,16H2,1-2H3. The van der Waals surface area contributed by atoms with Gasteiger partial charge in [0.1, 0.15) is 0 Å². The molecule has 0 bridgehead atoms. The molecule has 1 aliphatic rings. The van der Waals surface area contributed by atoms with Crippen molar-refractivity contribution >= 4 is 5.69 Å². The SMILES string of the molecule is COCC1=CCN(Cc2ccc(N)c(C)c2)CC1. The predicted octanol–water partition coefficient (Wildman–Crippen LogP) is 2.36. The van der Waals surface area contributed by atoms with Crippen LogP contribution in [0.1, 0.15) is 17.5 Å². The van der Waals surface area contributed by atoms with Gasteiger partial charge < -0.3 is 10.5 Å². The van der Waals surface area contributed by atoms with Crippen molar-refractivity contribution in [3.8, 4) is 0 Å². The zero-order valence-electron chi connectivity index (χ0n) is 11.3. The molecule has 0 atom stereocenters. The topological polar surface area (TPSA) is 38.5 Å². The highest BCUT2D eigenvalue weighted by atomic mass is 16.5. The van der Waals surface area contributed by atoms with E-state index in [1.54, 1.807) is 7.11 Å². The minimum absolute atomic E-state index is 0.773. The van der Waals surface area contributed by atoms with Gasteiger partial charge in [-0.15, -0.1) is 0 Å². The van der Waals surface area contributed by atoms with Crippen LogP contribution in [0.4, 0.5) is 5.69 Å². The summed E-state index contributed by atoms with van der Waals surface area (Å²) in [5.41, 5.74) is 10.6. The molecule has 1 aromatic rings. The molecule has 3 heteroatoms. The van der Waals surface area contributed by atoms with Crippen molar-refractivity contribution in [1.29, 1.82) is 0 Å². The summed E-state index contributed by atoms with van der Waals surface area (Å²) in [7, 11) is 1.75. The van der Waals surface area contributed by atoms with E-state index in [2.05, 4.69) is 30.0 Å². The minimum Gasteiger partial charge on any atom is -0.399 e. The Kier molecular flexibility index (Phi) is 4.39. The van der Waals surface area contributed by atoms with E-state index in [-0.39, 0.29) is 0 Å². The van der Waals surface area contributed by atoms with E-state index in [0.717, 1.165) is 38.3 Å². The van der Waals surface area contributed by atoms with Crippen molar-refractivity contribution < 1.29 is 4.74 Å². The summed E-state index contributed by atoms with van der Waals surface area (Å²) in [6, 6.07) is 6.31. The molecule has 0 radical (unpaired) electrons. The van der Waals surface area contributed by atoms with E-state index in [1.165, 1.54) is 16.7 Å². The van der Waals surface area contributed by atoms with Crippen LogP contribution in [0.2, 0.25) is 0 Å². The normalized spacial score (nSPS) is 16.7. The number of nitrogens with two attached hydrogens (primary N) is 1. The van der Waals surface area contributed by atoms with Gasteiger partial charge in [-0.1, -0.05) is 18.2 Å². The molecule has 0 aliphatic carbocycles. The Morgan fingerprint density at radius 1 is 1.39 bits per heavy atom. The summed E-state index contributed by atoms with van der Waals surface area (Å²) >= 11 is 0. The number of anilines is 1. The van der Waals surface area contributed by atoms with Crippen molar-refractivity contribution in [1.82, 2.24) is 4.90 Å². The molecule has 0 saturated carbocycles. The second kappa shape index (κ2) is 6.03. The molecule has 0 fully saturated rings. The summed E-state index contributed by atoms with van der Waals surface area (Å²) in [6.07, 6.45) is 3.40. The first-order valence-electron chi connectivity index (χ1n) is 6.43. The van der Waals surface area contributed by atoms with Crippen molar-refractivity contribution in [2.75, 3.05) is 32.5 Å². The maximum absolute atomic E-state index is 5.84. The number of hydrogen-bond donors (Lipinski definition) is 1. The summed E-state index contributed by atoms with van der Waals surface area (Å²) in [4.78, 5) is 2.45. The molecule has 0 aromatic heterocycles. The maximum atomic E-state index is 5.84. The second-order valence-corrected chi connectivity index (χ2v) is 4.97. The Balaban J connectivity index is 1.93. The number of nitrogens with zero attached hydrogens (tertiary/aromatic N) is 1. The van der Waals surface area contributed by atoms with Crippen LogP contribution in [0, 0.1) is 6.92 Å². The summed E-state index contributed by atoms with van der Waals surface area (Å²) in [5.74, 6) is 0. The van der Waals surface area contributed by atoms with Gasteiger partial charge in [0.05, 0.1) is 6.61 Å². The Hall–Kier alpha value is -1.32. The summed E-state index contributed by atoms with van der Waals surface area (Å²) < 4.78 is 5.16. The van der Waals surface area contributed by atoms with Gasteiger partial charge in [0, 0.05) is 32.4 Å². The smallest absolute Gasteiger partial charge is 0.0673 e. The van der Waals surface area contributed by atoms with Crippen molar-refractivity contribution in [3.63, 3.8) is 0 Å². The first-order valence-corrected chi connectivity index (χ1v) is 6.43. The van der Waals surface area contributed by atoms with Gasteiger partial charge in [-0.2, -0.15) is 0 Å². The third kappa shape index (κ3) is 3.34. The number of nitrogen functional groups attached to an aromatic ring is 1. The first kappa shape index (κ1) is 13.1. The van der Waals surface area contributed by atoms with Gasteiger partial charge in [0.25, 0.3) is 0 Å². The highest BCUT2D eigenvalue weighted by molar-refractivity contribution is 5.47. The van der Waals surface area contributed by atoms with E-state index < -0.39 is 0 Å². The zero-order chi connectivity index (χ0) is 13.0. The molecule has 3 nitrogen and oxygen atoms in total. The molecule has 0 spiro atoms. The van der Waals surface area contributed by atoms with Gasteiger partial charge in [0.2, 0.25) is 0 Å². The Morgan fingerprint density at radius 3 is 2.83 bits per heavy atom. The zero-order valence-corrected chi connectivity index (χ0v) is 11.3. The van der Waals surface area contributed by atoms with E-state index >= 15 is 0 Å². The minimum atomic E-state index is 0.773. The number of aryl methyl sites for hydroxylation is 1. The fourth-order valence-corrected chi connectivity index (χ4v) is 2.31. The fourth-order valence-electron chi connectivity index (χ4n) is 2.31. The Bertz CT molecular complexity index is 440. The van der Waals surface area contributed by atoms with Crippen molar-refractivity contribution in [3.05, 3.63) is 41.0 Å². The maximum Gasteiger partial charge on any atom is 0.0673 e. The van der Waals surface area contributed by atoms with Crippen LogP contribution in [0.25, 0.3) is 0 Å². The van der Waals surface area contributed by atoms with Crippen molar-refractivity contribution in [2.45, 2.75) is 19.9 Å². The Morgan fingerprint density at radius 2 is 2.22 bits per heavy atom. The van der Waals surface area contributed by atoms with Crippen molar-refractivity contribution in [2.24, 2.45) is 0 Å². The number of benzene rings is 1. The number of hydrogen-bond acceptors (Lipinski definition) is 3. The van der Waals surface area contributed by atoms with Crippen LogP contribution in [0.5, 0.6) is 0 Å². The molecule has 1 aromatic carbocycles. The number of methoxy groups -OCH3 is 1. The molecule has 2 N–H and O–H groups in total. The quantitative estimate of drug-likeness (QED) is 0.654. The second-order valence-electron chi connectivity index (χ2n) is 4.97. The molecule has 1 heterocycles. The van der Waals surface area contributed by atoms with Crippen LogP contribution in [-0.2, 0) is 11.3 Å². The monoisotopic (exact) mass is 246 g/mol. The molecule has 98 valence electrons. The molecule has 1 aliphatic heterocycles. The van der Waals surface area contributed by atoms with Crippen LogP contribution < -0.4 is 5.73 Å². The van der Waals surface area contributed by atoms with Crippen LogP contribution in [0.15, 0.2) is 29.8 Å². The average molecular weight is 246 g/mol. The van der Waals surface area contributed by atoms with Gasteiger partial charge in [-0.25, -0.2) is 0 Å². The van der Waals surface area contributed by atoms with Gasteiger partial charge in [0.15, 0.2) is 0 Å². The largest absolute Gasteiger partial charge is 0.399 e. The molecule has 0 unspecified atom stereocenters. The molecule has 18 heavy (non-hydrogen) atoms. The van der Waals surface area contributed by atoms with Gasteiger partial charge in [-0.3, -0.25) is 4.90 Å². The predicted molar refractivity (Wildman–Crippen MR) is 75.4 cm³/mol. The summed E-state index contributed by atoms with van der Waals surface area (Å²) in [5, 5.41) is 0. The fraction of sp³-hybridized carbons (Fsp3) is 0.467. The number of rotatable bonds is 4. The molecule has 0 saturated heterocycles. The molecular formula is C15H22N2O. The summed E-state index contributed by atoms with van der Waals surface area (Å²) in [6.45, 7) is 5.96. The van der Waals surface area contributed by atoms with Crippen LogP contribution >= 0.6 is 0 Å². The number of ether oxygens (including phenoxy) is 1. The highest BCUT2D eigenvalue weighted by Gasteiger charge is 2.12. The molecule has 2 rings (SSSR count). The van der Waals surface area contributed by atoms with E-state index in [1.807, 2.05) is 6.07 Å². The average Bonchev–Trinajstić information content (AvgIpc) is 2.37. The molecule has 0 amide bonds. The highest BCUT2D eigenvalue weighted by Crippen LogP contribution is 2.17.